The predicted octanol–water partition coefficient (Wildman–Crippen LogP) is 3.83. The highest BCUT2D eigenvalue weighted by atomic mass is 19.4. The first kappa shape index (κ1) is 22.5. The SMILES string of the molecule is CCCc1c(OCCCN2CC(=O)N(c3cnccn3)C2=O)ccc2c(C(F)(F)F)noc12. The highest BCUT2D eigenvalue weighted by Gasteiger charge is 2.38. The lowest BCUT2D eigenvalue weighted by Crippen LogP contribution is -2.34. The summed E-state index contributed by atoms with van der Waals surface area (Å²) in [6, 6.07) is 2.26. The van der Waals surface area contributed by atoms with Crippen LogP contribution in [0, 0.1) is 0 Å². The Bertz CT molecular complexity index is 1170. The molecule has 3 aromatic rings. The Labute approximate surface area is 186 Å². The van der Waals surface area contributed by atoms with Gasteiger partial charge in [0.15, 0.2) is 17.1 Å². The number of hydrogen-bond acceptors (Lipinski definition) is 7. The van der Waals surface area contributed by atoms with Crippen LogP contribution in [-0.4, -0.2) is 51.7 Å². The van der Waals surface area contributed by atoms with E-state index in [1.54, 1.807) is 0 Å². The van der Waals surface area contributed by atoms with Gasteiger partial charge in [-0.15, -0.1) is 0 Å². The second-order valence-electron chi connectivity index (χ2n) is 7.40. The van der Waals surface area contributed by atoms with Gasteiger partial charge in [0.05, 0.1) is 18.2 Å². The molecule has 1 aliphatic rings. The summed E-state index contributed by atoms with van der Waals surface area (Å²) in [5.41, 5.74) is -0.493. The molecule has 0 radical (unpaired) electrons. The van der Waals surface area contributed by atoms with Gasteiger partial charge in [-0.3, -0.25) is 9.78 Å². The minimum absolute atomic E-state index is 0.0570. The van der Waals surface area contributed by atoms with Gasteiger partial charge in [0.25, 0.3) is 5.91 Å². The van der Waals surface area contributed by atoms with Crippen LogP contribution in [-0.2, 0) is 17.4 Å². The third kappa shape index (κ3) is 4.45. The monoisotopic (exact) mass is 463 g/mol. The Morgan fingerprint density at radius 3 is 2.73 bits per heavy atom. The van der Waals surface area contributed by atoms with Crippen LogP contribution in [0.2, 0.25) is 0 Å². The fraction of sp³-hybridized carbons (Fsp3) is 0.381. The number of fused-ring (bicyclic) bond motifs is 1. The summed E-state index contributed by atoms with van der Waals surface area (Å²) in [5.74, 6) is 0.163. The number of ether oxygens (including phenoxy) is 1. The van der Waals surface area contributed by atoms with Crippen LogP contribution in [0.25, 0.3) is 11.0 Å². The Morgan fingerprint density at radius 2 is 2.03 bits per heavy atom. The van der Waals surface area contributed by atoms with Gasteiger partial charge in [0, 0.05) is 24.5 Å². The van der Waals surface area contributed by atoms with Crippen molar-refractivity contribution in [3.63, 3.8) is 0 Å². The zero-order valence-electron chi connectivity index (χ0n) is 17.6. The Balaban J connectivity index is 1.41. The number of amides is 3. The highest BCUT2D eigenvalue weighted by molar-refractivity contribution is 6.19. The van der Waals surface area contributed by atoms with E-state index in [0.717, 1.165) is 4.90 Å². The van der Waals surface area contributed by atoms with E-state index in [9.17, 15) is 22.8 Å². The average Bonchev–Trinajstić information content (AvgIpc) is 3.34. The molecular weight excluding hydrogens is 443 g/mol. The van der Waals surface area contributed by atoms with Crippen molar-refractivity contribution in [3.8, 4) is 5.75 Å². The first-order chi connectivity index (χ1) is 15.8. The minimum atomic E-state index is -4.62. The number of imide groups is 1. The van der Waals surface area contributed by atoms with Gasteiger partial charge in [-0.1, -0.05) is 18.5 Å². The average molecular weight is 463 g/mol. The number of nitrogens with zero attached hydrogens (tertiary/aromatic N) is 5. The molecule has 0 spiro atoms. The molecule has 1 saturated heterocycles. The van der Waals surface area contributed by atoms with Crippen molar-refractivity contribution in [3.05, 3.63) is 42.0 Å². The highest BCUT2D eigenvalue weighted by Crippen LogP contribution is 2.38. The summed E-state index contributed by atoms with van der Waals surface area (Å²) in [4.78, 5) is 35.0. The molecule has 12 heteroatoms. The number of alkyl halides is 3. The summed E-state index contributed by atoms with van der Waals surface area (Å²) < 4.78 is 50.2. The summed E-state index contributed by atoms with van der Waals surface area (Å²) >= 11 is 0. The summed E-state index contributed by atoms with van der Waals surface area (Å²) in [6.07, 6.45) is 1.07. The van der Waals surface area contributed by atoms with Crippen LogP contribution < -0.4 is 9.64 Å². The standard InChI is InChI=1S/C21H20F3N5O4/c1-2-4-13-15(6-5-14-18(13)33-27-19(14)21(22,23)24)32-10-3-9-28-12-17(30)29(20(28)31)16-11-25-7-8-26-16/h5-8,11H,2-4,9-10,12H2,1H3. The lowest BCUT2D eigenvalue weighted by Gasteiger charge is -2.17. The molecule has 2 aromatic heterocycles. The molecule has 0 aliphatic carbocycles. The summed E-state index contributed by atoms with van der Waals surface area (Å²) in [5, 5.41) is 3.09. The Morgan fingerprint density at radius 1 is 1.21 bits per heavy atom. The number of aromatic nitrogens is 3. The number of halogens is 3. The van der Waals surface area contributed by atoms with Crippen LogP contribution in [0.15, 0.2) is 35.2 Å². The molecule has 0 N–H and O–H groups in total. The van der Waals surface area contributed by atoms with Gasteiger partial charge in [0.1, 0.15) is 12.3 Å². The van der Waals surface area contributed by atoms with Crippen LogP contribution in [0.4, 0.5) is 23.8 Å². The molecule has 0 atom stereocenters. The van der Waals surface area contributed by atoms with Gasteiger partial charge >= 0.3 is 12.2 Å². The number of rotatable bonds is 8. The van der Waals surface area contributed by atoms with E-state index in [-0.39, 0.29) is 36.5 Å². The quantitative estimate of drug-likeness (QED) is 0.370. The van der Waals surface area contributed by atoms with E-state index in [4.69, 9.17) is 9.26 Å². The van der Waals surface area contributed by atoms with Crippen molar-refractivity contribution in [1.82, 2.24) is 20.0 Å². The molecule has 33 heavy (non-hydrogen) atoms. The van der Waals surface area contributed by atoms with Crippen LogP contribution in [0.3, 0.4) is 0 Å². The predicted molar refractivity (Wildman–Crippen MR) is 110 cm³/mol. The maximum absolute atomic E-state index is 13.1. The molecular formula is C21H20F3N5O4. The van der Waals surface area contributed by atoms with Crippen molar-refractivity contribution >= 4 is 28.7 Å². The summed E-state index contributed by atoms with van der Waals surface area (Å²) in [7, 11) is 0. The fourth-order valence-electron chi connectivity index (χ4n) is 3.66. The first-order valence-corrected chi connectivity index (χ1v) is 10.3. The molecule has 9 nitrogen and oxygen atoms in total. The normalized spacial score (nSPS) is 14.5. The third-order valence-electron chi connectivity index (χ3n) is 5.12. The number of carbonyl (C=O) groups excluding carboxylic acids is 2. The van der Waals surface area contributed by atoms with Crippen LogP contribution in [0.5, 0.6) is 5.75 Å². The fourth-order valence-corrected chi connectivity index (χ4v) is 3.66. The number of carbonyl (C=O) groups is 2. The number of aryl methyl sites for hydroxylation is 1. The number of anilines is 1. The van der Waals surface area contributed by atoms with Crippen molar-refractivity contribution in [1.29, 1.82) is 0 Å². The lowest BCUT2D eigenvalue weighted by atomic mass is 10.0. The van der Waals surface area contributed by atoms with Gasteiger partial charge in [-0.25, -0.2) is 14.7 Å². The maximum Gasteiger partial charge on any atom is 0.437 e. The third-order valence-corrected chi connectivity index (χ3v) is 5.12. The van der Waals surface area contributed by atoms with Crippen molar-refractivity contribution in [2.24, 2.45) is 0 Å². The van der Waals surface area contributed by atoms with Crippen molar-refractivity contribution < 1.29 is 32.0 Å². The Kier molecular flexibility index (Phi) is 6.16. The van der Waals surface area contributed by atoms with Gasteiger partial charge in [-0.2, -0.15) is 13.2 Å². The maximum atomic E-state index is 13.1. The molecule has 3 heterocycles. The largest absolute Gasteiger partial charge is 0.493 e. The topological polar surface area (TPSA) is 102 Å². The zero-order chi connectivity index (χ0) is 23.6. The van der Waals surface area contributed by atoms with E-state index >= 15 is 0 Å². The van der Waals surface area contributed by atoms with Crippen molar-refractivity contribution in [2.45, 2.75) is 32.4 Å². The van der Waals surface area contributed by atoms with E-state index < -0.39 is 23.8 Å². The van der Waals surface area contributed by atoms with Gasteiger partial charge < -0.3 is 14.2 Å². The number of urea groups is 1. The lowest BCUT2D eigenvalue weighted by molar-refractivity contribution is -0.141. The molecule has 0 bridgehead atoms. The summed E-state index contributed by atoms with van der Waals surface area (Å²) in [6.45, 7) is 2.25. The molecule has 4 rings (SSSR count). The molecule has 1 aromatic carbocycles. The second kappa shape index (κ2) is 9.04. The van der Waals surface area contributed by atoms with Crippen LogP contribution in [0.1, 0.15) is 31.0 Å². The van der Waals surface area contributed by atoms with Crippen molar-refractivity contribution in [2.75, 3.05) is 24.6 Å². The van der Waals surface area contributed by atoms with Crippen LogP contribution >= 0.6 is 0 Å². The molecule has 174 valence electrons. The van der Waals surface area contributed by atoms with E-state index in [1.165, 1.54) is 35.6 Å². The van der Waals surface area contributed by atoms with E-state index in [2.05, 4.69) is 15.1 Å². The van der Waals surface area contributed by atoms with E-state index in [1.807, 2.05) is 6.92 Å². The second-order valence-corrected chi connectivity index (χ2v) is 7.40. The Hall–Kier alpha value is -3.70. The number of benzene rings is 1. The van der Waals surface area contributed by atoms with E-state index in [0.29, 0.717) is 30.6 Å². The zero-order valence-corrected chi connectivity index (χ0v) is 17.6. The first-order valence-electron chi connectivity index (χ1n) is 10.3. The van der Waals surface area contributed by atoms with Gasteiger partial charge in [0.2, 0.25) is 0 Å². The van der Waals surface area contributed by atoms with Gasteiger partial charge in [-0.05, 0) is 25.0 Å². The molecule has 1 aliphatic heterocycles. The number of hydrogen-bond donors (Lipinski definition) is 0. The molecule has 3 amide bonds. The molecule has 1 fully saturated rings. The molecule has 0 saturated carbocycles. The smallest absolute Gasteiger partial charge is 0.437 e. The molecule has 0 unspecified atom stereocenters. The minimum Gasteiger partial charge on any atom is -0.493 e.